The van der Waals surface area contributed by atoms with Crippen LogP contribution in [0.3, 0.4) is 0 Å². The first-order chi connectivity index (χ1) is 28.5. The molecule has 0 saturated carbocycles. The maximum absolute atomic E-state index is 12.9. The zero-order valence-corrected chi connectivity index (χ0v) is 35.8. The normalized spacial score (nSPS) is 27.5. The standard InChI is InChI=1S/C44H78O15/c1-3-5-7-9-11-13-14-15-16-17-18-19-21-23-25-27-36(47)57-32(29-54-35(46)26-24-22-20-12-10-8-6-4-2)30-55-43-42(53)40(51)38(49)34(59-43)31-56-44-41(52)39(50)37(48)33(28-45)58-44/h14,16,32-34,37-45,48-53H,3-13,17-31H2,1-2H3/t15?,32-,33-,34-,37+,38+,39?,40?,41?,42?,43-,44-/m1/s1. The Kier molecular flexibility index (Phi) is 29.5. The number of esters is 2. The second-order valence-electron chi connectivity index (χ2n) is 16.0. The molecule has 0 aromatic carbocycles. The zero-order chi connectivity index (χ0) is 43.3. The molecule has 0 aliphatic carbocycles. The van der Waals surface area contributed by atoms with Gasteiger partial charge in [0, 0.05) is 12.8 Å². The lowest BCUT2D eigenvalue weighted by atomic mass is 9.98. The number of allylic oxidation sites excluding steroid dienone is 1. The predicted octanol–water partition coefficient (Wildman–Crippen LogP) is 4.42. The maximum Gasteiger partial charge on any atom is 0.306 e. The van der Waals surface area contributed by atoms with E-state index in [4.69, 9.17) is 28.4 Å². The number of aliphatic hydroxyl groups excluding tert-OH is 7. The first kappa shape index (κ1) is 53.2. The van der Waals surface area contributed by atoms with Gasteiger partial charge in [-0.05, 0) is 50.7 Å². The minimum Gasteiger partial charge on any atom is -0.462 e. The molecular formula is C44H78O15. The molecule has 0 radical (unpaired) electrons. The van der Waals surface area contributed by atoms with Crippen LogP contribution in [0.15, 0.2) is 17.9 Å². The van der Waals surface area contributed by atoms with Gasteiger partial charge < -0.3 is 64.2 Å². The van der Waals surface area contributed by atoms with Crippen molar-refractivity contribution in [3.63, 3.8) is 0 Å². The van der Waals surface area contributed by atoms with Crippen molar-refractivity contribution in [3.05, 3.63) is 17.9 Å². The lowest BCUT2D eigenvalue weighted by Gasteiger charge is -2.42. The number of hydrogen-bond donors (Lipinski definition) is 7. The topological polar surface area (TPSA) is 231 Å². The van der Waals surface area contributed by atoms with E-state index in [2.05, 4.69) is 31.7 Å². The van der Waals surface area contributed by atoms with E-state index in [0.717, 1.165) is 57.8 Å². The van der Waals surface area contributed by atoms with Crippen LogP contribution in [0.1, 0.15) is 155 Å². The van der Waals surface area contributed by atoms with Crippen LogP contribution in [0.4, 0.5) is 0 Å². The summed E-state index contributed by atoms with van der Waals surface area (Å²) in [4.78, 5) is 25.5. The minimum absolute atomic E-state index is 0.147. The SMILES string of the molecule is CCCCCCCC=C=CCCCCCCCC(=O)O[C@H](COC(=O)CCCCCCCCCC)CO[C@@H]1O[C@H](CO[C@@H]2O[C@H](CO)[C@H](O)C(O)C2O)[C@H](O)C(O)C1O. The number of carbonyl (C=O) groups is 2. The molecule has 0 aromatic heterocycles. The Morgan fingerprint density at radius 2 is 1.02 bits per heavy atom. The Morgan fingerprint density at radius 1 is 0.559 bits per heavy atom. The molecule has 11 atom stereocenters. The lowest BCUT2D eigenvalue weighted by Crippen LogP contribution is -2.61. The van der Waals surface area contributed by atoms with E-state index in [9.17, 15) is 45.3 Å². The number of hydrogen-bond acceptors (Lipinski definition) is 15. The van der Waals surface area contributed by atoms with Gasteiger partial charge in [0.2, 0.25) is 0 Å². The van der Waals surface area contributed by atoms with E-state index in [1.54, 1.807) is 0 Å². The summed E-state index contributed by atoms with van der Waals surface area (Å²) in [5, 5.41) is 71.7. The number of unbranched alkanes of at least 4 members (excludes halogenated alkanes) is 17. The number of rotatable bonds is 33. The summed E-state index contributed by atoms with van der Waals surface area (Å²) in [5.41, 5.74) is 3.28. The van der Waals surface area contributed by atoms with E-state index in [1.165, 1.54) is 57.8 Å². The molecule has 2 aliphatic rings. The number of ether oxygens (including phenoxy) is 6. The van der Waals surface area contributed by atoms with Crippen molar-refractivity contribution in [2.45, 2.75) is 223 Å². The van der Waals surface area contributed by atoms with Crippen molar-refractivity contribution in [3.8, 4) is 0 Å². The third kappa shape index (κ3) is 22.1. The Labute approximate surface area is 352 Å². The predicted molar refractivity (Wildman–Crippen MR) is 219 cm³/mol. The van der Waals surface area contributed by atoms with Crippen molar-refractivity contribution >= 4 is 11.9 Å². The highest BCUT2D eigenvalue weighted by Crippen LogP contribution is 2.26. The molecule has 59 heavy (non-hydrogen) atoms. The third-order valence-electron chi connectivity index (χ3n) is 10.8. The van der Waals surface area contributed by atoms with E-state index >= 15 is 0 Å². The van der Waals surface area contributed by atoms with Crippen molar-refractivity contribution < 1.29 is 73.8 Å². The summed E-state index contributed by atoms with van der Waals surface area (Å²) in [6, 6.07) is 0. The van der Waals surface area contributed by atoms with Crippen LogP contribution in [-0.4, -0.2) is 142 Å². The first-order valence-electron chi connectivity index (χ1n) is 22.5. The van der Waals surface area contributed by atoms with Crippen LogP contribution in [0.25, 0.3) is 0 Å². The number of aliphatic hydroxyl groups is 7. The molecule has 7 N–H and O–H groups in total. The number of carbonyl (C=O) groups excluding carboxylic acids is 2. The smallest absolute Gasteiger partial charge is 0.306 e. The Hall–Kier alpha value is -1.98. The fraction of sp³-hybridized carbons (Fsp3) is 0.886. The lowest BCUT2D eigenvalue weighted by molar-refractivity contribution is -0.332. The van der Waals surface area contributed by atoms with Gasteiger partial charge in [0.05, 0.1) is 19.8 Å². The van der Waals surface area contributed by atoms with Crippen LogP contribution in [0.2, 0.25) is 0 Å². The second kappa shape index (κ2) is 32.7. The van der Waals surface area contributed by atoms with E-state index in [1.807, 2.05) is 0 Å². The molecule has 4 unspecified atom stereocenters. The molecule has 0 aromatic rings. The van der Waals surface area contributed by atoms with Crippen LogP contribution < -0.4 is 0 Å². The molecule has 15 nitrogen and oxygen atoms in total. The molecule has 0 spiro atoms. The molecule has 2 heterocycles. The highest BCUT2D eigenvalue weighted by molar-refractivity contribution is 5.70. The van der Waals surface area contributed by atoms with Crippen LogP contribution >= 0.6 is 0 Å². The van der Waals surface area contributed by atoms with Gasteiger partial charge in [-0.2, -0.15) is 0 Å². The summed E-state index contributed by atoms with van der Waals surface area (Å²) in [5.74, 6) is -0.950. The second-order valence-corrected chi connectivity index (χ2v) is 16.0. The molecule has 15 heteroatoms. The minimum atomic E-state index is -1.76. The van der Waals surface area contributed by atoms with E-state index in [0.29, 0.717) is 12.8 Å². The Bertz CT molecular complexity index is 1150. The highest BCUT2D eigenvalue weighted by atomic mass is 16.7. The average Bonchev–Trinajstić information content (AvgIpc) is 3.23. The van der Waals surface area contributed by atoms with E-state index < -0.39 is 92.7 Å². The van der Waals surface area contributed by atoms with Crippen LogP contribution in [0.5, 0.6) is 0 Å². The molecular weight excluding hydrogens is 768 g/mol. The van der Waals surface area contributed by atoms with Gasteiger partial charge in [-0.3, -0.25) is 9.59 Å². The van der Waals surface area contributed by atoms with Crippen molar-refractivity contribution in [1.29, 1.82) is 0 Å². The van der Waals surface area contributed by atoms with Gasteiger partial charge in [-0.25, -0.2) is 0 Å². The Balaban J connectivity index is 1.86. The summed E-state index contributed by atoms with van der Waals surface area (Å²) in [7, 11) is 0. The van der Waals surface area contributed by atoms with Gasteiger partial charge in [0.25, 0.3) is 0 Å². The first-order valence-corrected chi connectivity index (χ1v) is 22.5. The van der Waals surface area contributed by atoms with Crippen LogP contribution in [-0.2, 0) is 38.0 Å². The average molecular weight is 847 g/mol. The van der Waals surface area contributed by atoms with Crippen molar-refractivity contribution in [2.24, 2.45) is 0 Å². The van der Waals surface area contributed by atoms with Gasteiger partial charge in [-0.15, -0.1) is 5.73 Å². The fourth-order valence-electron chi connectivity index (χ4n) is 6.96. The van der Waals surface area contributed by atoms with Gasteiger partial charge in [0.1, 0.15) is 55.4 Å². The van der Waals surface area contributed by atoms with Gasteiger partial charge >= 0.3 is 11.9 Å². The molecule has 2 aliphatic heterocycles. The van der Waals surface area contributed by atoms with Crippen LogP contribution in [0, 0.1) is 0 Å². The zero-order valence-electron chi connectivity index (χ0n) is 35.8. The highest BCUT2D eigenvalue weighted by Gasteiger charge is 2.47. The monoisotopic (exact) mass is 847 g/mol. The molecule has 0 amide bonds. The summed E-state index contributed by atoms with van der Waals surface area (Å²) < 4.78 is 33.3. The quantitative estimate of drug-likeness (QED) is 0.0276. The molecule has 2 rings (SSSR count). The molecule has 344 valence electrons. The molecule has 2 saturated heterocycles. The van der Waals surface area contributed by atoms with E-state index in [-0.39, 0.29) is 26.1 Å². The Morgan fingerprint density at radius 3 is 1.56 bits per heavy atom. The molecule has 2 fully saturated rings. The fourth-order valence-corrected chi connectivity index (χ4v) is 6.96. The molecule has 0 bridgehead atoms. The van der Waals surface area contributed by atoms with Crippen molar-refractivity contribution in [1.82, 2.24) is 0 Å². The third-order valence-corrected chi connectivity index (χ3v) is 10.8. The van der Waals surface area contributed by atoms with Gasteiger partial charge in [0.15, 0.2) is 18.7 Å². The van der Waals surface area contributed by atoms with Gasteiger partial charge in [-0.1, -0.05) is 104 Å². The maximum atomic E-state index is 12.9. The summed E-state index contributed by atoms with van der Waals surface area (Å²) in [6.07, 6.45) is 9.11. The summed E-state index contributed by atoms with van der Waals surface area (Å²) in [6.45, 7) is 2.49. The van der Waals surface area contributed by atoms with Crippen molar-refractivity contribution in [2.75, 3.05) is 26.4 Å². The largest absolute Gasteiger partial charge is 0.462 e. The summed E-state index contributed by atoms with van der Waals surface area (Å²) >= 11 is 0.